The molecule has 184 valence electrons. The van der Waals surface area contributed by atoms with Crippen LogP contribution in [0.1, 0.15) is 21.5 Å². The number of amides is 1. The van der Waals surface area contributed by atoms with Crippen molar-refractivity contribution in [1.29, 1.82) is 0 Å². The van der Waals surface area contributed by atoms with Crippen molar-refractivity contribution in [1.82, 2.24) is 19.5 Å². The zero-order valence-corrected chi connectivity index (χ0v) is 19.1. The van der Waals surface area contributed by atoms with Crippen LogP contribution >= 0.6 is 0 Å². The molecule has 0 aliphatic carbocycles. The summed E-state index contributed by atoms with van der Waals surface area (Å²) in [4.78, 5) is 29.4. The number of hydrogen-bond donors (Lipinski definition) is 2. The van der Waals surface area contributed by atoms with Crippen molar-refractivity contribution in [3.8, 4) is 22.5 Å². The zero-order valence-electron chi connectivity index (χ0n) is 19.1. The maximum atomic E-state index is 14.9. The standard InChI is InChI=1S/C24H19F4N7O/c1-12-7-18(25)17(22(36)33-19-9-14(3-4-30-19)24(26,27)28)10-15(12)16-8-13-11-32-23(29-2)34-20(13)35-6-5-31-21(16)35/h3-4,7-11,31H,5-6H2,1-2H3,(H,30,33,36). The molecule has 0 atom stereocenters. The molecule has 12 heteroatoms. The van der Waals surface area contributed by atoms with Gasteiger partial charge in [-0.25, -0.2) is 14.4 Å². The van der Waals surface area contributed by atoms with Gasteiger partial charge in [0.2, 0.25) is 5.62 Å². The minimum absolute atomic E-state index is 0.331. The summed E-state index contributed by atoms with van der Waals surface area (Å²) >= 11 is 0. The third kappa shape index (κ3) is 4.14. The number of nitrogens with zero attached hydrogens (tertiary/aromatic N) is 5. The number of hydrogen-bond acceptors (Lipinski definition) is 6. The molecule has 1 aromatic heterocycles. The number of aromatic nitrogens is 4. The second-order valence-electron chi connectivity index (χ2n) is 8.19. The minimum Gasteiger partial charge on any atom is -0.369 e. The van der Waals surface area contributed by atoms with Gasteiger partial charge in [-0.2, -0.15) is 18.2 Å². The van der Waals surface area contributed by atoms with E-state index < -0.39 is 23.5 Å². The molecule has 1 amide bonds. The van der Waals surface area contributed by atoms with Crippen LogP contribution in [0.5, 0.6) is 0 Å². The SMILES string of the molecule is CN=c1ncc2cc(-c3cc(C(=O)Nc4cc(C(F)(F)F)ccn4)c(F)cc3C)c3n(c-2n1)CCN3. The van der Waals surface area contributed by atoms with Crippen LogP contribution in [0.15, 0.2) is 47.7 Å². The van der Waals surface area contributed by atoms with E-state index in [1.807, 2.05) is 10.6 Å². The largest absolute Gasteiger partial charge is 0.416 e. The molecule has 0 unspecified atom stereocenters. The van der Waals surface area contributed by atoms with Gasteiger partial charge in [0.25, 0.3) is 5.91 Å². The fraction of sp³-hybridized carbons (Fsp3) is 0.208. The minimum atomic E-state index is -4.61. The molecule has 2 N–H and O–H groups in total. The highest BCUT2D eigenvalue weighted by molar-refractivity contribution is 6.05. The molecule has 0 radical (unpaired) electrons. The predicted octanol–water partition coefficient (Wildman–Crippen LogP) is 4.12. The van der Waals surface area contributed by atoms with E-state index in [0.29, 0.717) is 47.3 Å². The van der Waals surface area contributed by atoms with Crippen molar-refractivity contribution < 1.29 is 22.4 Å². The van der Waals surface area contributed by atoms with E-state index in [0.717, 1.165) is 23.6 Å². The molecule has 4 heterocycles. The fourth-order valence-corrected chi connectivity index (χ4v) is 4.17. The fourth-order valence-electron chi connectivity index (χ4n) is 4.17. The van der Waals surface area contributed by atoms with Crippen LogP contribution < -0.4 is 16.3 Å². The van der Waals surface area contributed by atoms with Gasteiger partial charge in [0, 0.05) is 43.7 Å². The second kappa shape index (κ2) is 8.70. The van der Waals surface area contributed by atoms with Crippen LogP contribution in [0, 0.1) is 12.7 Å². The lowest BCUT2D eigenvalue weighted by Gasteiger charge is -2.19. The molecule has 3 aliphatic heterocycles. The first kappa shape index (κ1) is 23.4. The topological polar surface area (TPSA) is 97.1 Å². The van der Waals surface area contributed by atoms with Crippen LogP contribution in [0.3, 0.4) is 0 Å². The molecule has 0 fully saturated rings. The third-order valence-electron chi connectivity index (χ3n) is 5.87. The normalized spacial score (nSPS) is 13.6. The number of rotatable bonds is 3. The number of aryl methyl sites for hydroxylation is 1. The Morgan fingerprint density at radius 2 is 1.97 bits per heavy atom. The number of pyridine rings is 2. The molecule has 2 aromatic rings. The number of anilines is 2. The van der Waals surface area contributed by atoms with Gasteiger partial charge in [0.05, 0.1) is 11.1 Å². The average molecular weight is 497 g/mol. The van der Waals surface area contributed by atoms with E-state index in [1.165, 1.54) is 12.1 Å². The summed E-state index contributed by atoms with van der Waals surface area (Å²) in [6, 6.07) is 5.92. The lowest BCUT2D eigenvalue weighted by molar-refractivity contribution is -0.137. The summed E-state index contributed by atoms with van der Waals surface area (Å²) < 4.78 is 55.9. The molecule has 3 aliphatic rings. The highest BCUT2D eigenvalue weighted by atomic mass is 19.4. The van der Waals surface area contributed by atoms with Gasteiger partial charge in [0.1, 0.15) is 23.3 Å². The van der Waals surface area contributed by atoms with Crippen LogP contribution in [-0.4, -0.2) is 39.0 Å². The maximum Gasteiger partial charge on any atom is 0.416 e. The zero-order chi connectivity index (χ0) is 25.6. The molecule has 8 nitrogen and oxygen atoms in total. The van der Waals surface area contributed by atoms with Gasteiger partial charge in [-0.15, -0.1) is 0 Å². The molecular formula is C24H19F4N7O. The molecule has 0 saturated heterocycles. The summed E-state index contributed by atoms with van der Waals surface area (Å²) in [5.74, 6) is -0.645. The monoisotopic (exact) mass is 497 g/mol. The molecule has 5 rings (SSSR count). The highest BCUT2D eigenvalue weighted by Crippen LogP contribution is 2.39. The molecule has 0 bridgehead atoms. The van der Waals surface area contributed by atoms with Gasteiger partial charge in [-0.05, 0) is 48.4 Å². The van der Waals surface area contributed by atoms with Crippen LogP contribution in [0.4, 0.5) is 29.2 Å². The Kier molecular flexibility index (Phi) is 5.65. The van der Waals surface area contributed by atoms with Gasteiger partial charge < -0.3 is 15.2 Å². The van der Waals surface area contributed by atoms with Crippen LogP contribution in [0.2, 0.25) is 0 Å². The molecule has 36 heavy (non-hydrogen) atoms. The van der Waals surface area contributed by atoms with Gasteiger partial charge in [-0.3, -0.25) is 9.79 Å². The first-order valence-corrected chi connectivity index (χ1v) is 10.9. The lowest BCUT2D eigenvalue weighted by Crippen LogP contribution is -2.18. The van der Waals surface area contributed by atoms with Crippen molar-refractivity contribution in [2.75, 3.05) is 24.2 Å². The van der Waals surface area contributed by atoms with Crippen molar-refractivity contribution >= 4 is 17.5 Å². The van der Waals surface area contributed by atoms with E-state index >= 15 is 0 Å². The molecular weight excluding hydrogens is 478 g/mol. The quantitative estimate of drug-likeness (QED) is 0.415. The van der Waals surface area contributed by atoms with Gasteiger partial charge in [0.15, 0.2) is 0 Å². The van der Waals surface area contributed by atoms with Crippen molar-refractivity contribution in [3.63, 3.8) is 0 Å². The summed E-state index contributed by atoms with van der Waals surface area (Å²) in [5.41, 5.74) is 1.61. The van der Waals surface area contributed by atoms with Crippen LogP contribution in [0.25, 0.3) is 22.5 Å². The highest BCUT2D eigenvalue weighted by Gasteiger charge is 2.31. The summed E-state index contributed by atoms with van der Waals surface area (Å²) in [6.07, 6.45) is -2.04. The predicted molar refractivity (Wildman–Crippen MR) is 124 cm³/mol. The average Bonchev–Trinajstić information content (AvgIpc) is 3.33. The smallest absolute Gasteiger partial charge is 0.369 e. The summed E-state index contributed by atoms with van der Waals surface area (Å²) in [5, 5.41) is 5.57. The van der Waals surface area contributed by atoms with E-state index in [9.17, 15) is 22.4 Å². The number of alkyl halides is 3. The molecule has 1 aromatic carbocycles. The Morgan fingerprint density at radius 3 is 2.72 bits per heavy atom. The van der Waals surface area contributed by atoms with Gasteiger partial charge >= 0.3 is 6.18 Å². The van der Waals surface area contributed by atoms with E-state index in [2.05, 4.69) is 30.6 Å². The Bertz CT molecular complexity index is 1540. The lowest BCUT2D eigenvalue weighted by atomic mass is 9.96. The van der Waals surface area contributed by atoms with E-state index in [1.54, 1.807) is 20.2 Å². The van der Waals surface area contributed by atoms with E-state index in [-0.39, 0.29) is 11.4 Å². The second-order valence-corrected chi connectivity index (χ2v) is 8.19. The van der Waals surface area contributed by atoms with Crippen molar-refractivity contribution in [2.24, 2.45) is 4.99 Å². The van der Waals surface area contributed by atoms with Crippen molar-refractivity contribution in [2.45, 2.75) is 19.6 Å². The molecule has 0 spiro atoms. The number of nitrogens with one attached hydrogen (secondary N) is 2. The first-order valence-electron chi connectivity index (χ1n) is 10.9. The number of halogens is 4. The summed E-state index contributed by atoms with van der Waals surface area (Å²) in [6.45, 7) is 2.98. The van der Waals surface area contributed by atoms with Crippen LogP contribution in [-0.2, 0) is 12.7 Å². The van der Waals surface area contributed by atoms with E-state index in [4.69, 9.17) is 0 Å². The third-order valence-corrected chi connectivity index (χ3v) is 5.87. The molecule has 0 saturated carbocycles. The number of carbonyl (C=O) groups is 1. The Labute approximate surface area is 202 Å². The Morgan fingerprint density at radius 1 is 1.17 bits per heavy atom. The van der Waals surface area contributed by atoms with Gasteiger partial charge in [-0.1, -0.05) is 0 Å². The Balaban J connectivity index is 1.58. The number of fused-ring (bicyclic) bond motifs is 3. The number of carbonyl (C=O) groups excluding carboxylic acids is 1. The first-order chi connectivity index (χ1) is 17.2. The number of benzene rings is 1. The summed E-state index contributed by atoms with van der Waals surface area (Å²) in [7, 11) is 1.60. The maximum absolute atomic E-state index is 14.9. The van der Waals surface area contributed by atoms with Crippen molar-refractivity contribution in [3.05, 3.63) is 70.9 Å². The Hall–Kier alpha value is -4.35.